The molecule has 1 aliphatic heterocycles. The third kappa shape index (κ3) is 3.07. The van der Waals surface area contributed by atoms with Gasteiger partial charge in [-0.1, -0.05) is 6.92 Å². The molecule has 0 radical (unpaired) electrons. The lowest BCUT2D eigenvalue weighted by Gasteiger charge is -2.18. The summed E-state index contributed by atoms with van der Waals surface area (Å²) in [6.07, 6.45) is 2.60. The monoisotopic (exact) mass is 250 g/mol. The lowest BCUT2D eigenvalue weighted by atomic mass is 9.99. The largest absolute Gasteiger partial charge is 0.497 e. The number of hydrogen-bond acceptors (Lipinski definition) is 4. The fourth-order valence-corrected chi connectivity index (χ4v) is 2.47. The van der Waals surface area contributed by atoms with E-state index >= 15 is 0 Å². The van der Waals surface area contributed by atoms with Crippen LogP contribution in [0.15, 0.2) is 18.2 Å². The van der Waals surface area contributed by atoms with Crippen LogP contribution < -0.4 is 15.8 Å². The number of methoxy groups -OCH3 is 1. The van der Waals surface area contributed by atoms with E-state index < -0.39 is 0 Å². The molecular formula is C14H22N2O2. The van der Waals surface area contributed by atoms with Crippen LogP contribution in [0.25, 0.3) is 0 Å². The summed E-state index contributed by atoms with van der Waals surface area (Å²) in [5.74, 6) is 1.37. The third-order valence-electron chi connectivity index (χ3n) is 3.48. The van der Waals surface area contributed by atoms with Crippen molar-refractivity contribution in [2.45, 2.75) is 25.9 Å². The van der Waals surface area contributed by atoms with Gasteiger partial charge < -0.3 is 20.5 Å². The molecule has 3 N–H and O–H groups in total. The first-order valence-electron chi connectivity index (χ1n) is 6.53. The number of nitrogen functional groups attached to an aromatic ring is 1. The standard InChI is InChI=1S/C14H22N2O2/c1-3-14-10(4-5-18-14)9-16-12-6-11(15)7-13(8-12)17-2/h6-8,10,14,16H,3-5,9,15H2,1-2H3. The highest BCUT2D eigenvalue weighted by atomic mass is 16.5. The quantitative estimate of drug-likeness (QED) is 0.788. The van der Waals surface area contributed by atoms with Gasteiger partial charge in [0.05, 0.1) is 13.2 Å². The molecule has 18 heavy (non-hydrogen) atoms. The second-order valence-corrected chi connectivity index (χ2v) is 4.74. The molecule has 2 unspecified atom stereocenters. The van der Waals surface area contributed by atoms with Gasteiger partial charge in [0.15, 0.2) is 0 Å². The molecule has 2 atom stereocenters. The second kappa shape index (κ2) is 5.96. The van der Waals surface area contributed by atoms with Gasteiger partial charge >= 0.3 is 0 Å². The highest BCUT2D eigenvalue weighted by Gasteiger charge is 2.26. The molecule has 2 rings (SSSR count). The van der Waals surface area contributed by atoms with E-state index in [-0.39, 0.29) is 0 Å². The Kier molecular flexibility index (Phi) is 4.31. The van der Waals surface area contributed by atoms with Crippen LogP contribution in [0.2, 0.25) is 0 Å². The predicted molar refractivity (Wildman–Crippen MR) is 74.0 cm³/mol. The van der Waals surface area contributed by atoms with Crippen LogP contribution in [0.3, 0.4) is 0 Å². The van der Waals surface area contributed by atoms with Gasteiger partial charge in [-0.3, -0.25) is 0 Å². The van der Waals surface area contributed by atoms with E-state index in [2.05, 4.69) is 12.2 Å². The lowest BCUT2D eigenvalue weighted by Crippen LogP contribution is -2.22. The van der Waals surface area contributed by atoms with Crippen molar-refractivity contribution in [2.24, 2.45) is 5.92 Å². The molecule has 1 saturated heterocycles. The fourth-order valence-electron chi connectivity index (χ4n) is 2.47. The van der Waals surface area contributed by atoms with Crippen LogP contribution in [-0.4, -0.2) is 26.4 Å². The Hall–Kier alpha value is -1.42. The van der Waals surface area contributed by atoms with E-state index in [0.29, 0.717) is 17.7 Å². The Morgan fingerprint density at radius 2 is 2.28 bits per heavy atom. The first-order valence-corrected chi connectivity index (χ1v) is 6.53. The molecule has 0 amide bonds. The molecule has 1 heterocycles. The zero-order valence-electron chi connectivity index (χ0n) is 11.1. The van der Waals surface area contributed by atoms with Crippen molar-refractivity contribution in [3.05, 3.63) is 18.2 Å². The Morgan fingerprint density at radius 3 is 3.00 bits per heavy atom. The zero-order chi connectivity index (χ0) is 13.0. The number of rotatable bonds is 5. The smallest absolute Gasteiger partial charge is 0.122 e. The average Bonchev–Trinajstić information content (AvgIpc) is 2.83. The molecule has 0 bridgehead atoms. The zero-order valence-corrected chi connectivity index (χ0v) is 11.1. The van der Waals surface area contributed by atoms with Crippen molar-refractivity contribution in [2.75, 3.05) is 31.3 Å². The lowest BCUT2D eigenvalue weighted by molar-refractivity contribution is 0.0900. The molecule has 4 nitrogen and oxygen atoms in total. The van der Waals surface area contributed by atoms with Crippen LogP contribution in [0.1, 0.15) is 19.8 Å². The van der Waals surface area contributed by atoms with Gasteiger partial charge in [-0.15, -0.1) is 0 Å². The minimum Gasteiger partial charge on any atom is -0.497 e. The van der Waals surface area contributed by atoms with Gasteiger partial charge in [-0.2, -0.15) is 0 Å². The molecular weight excluding hydrogens is 228 g/mol. The minimum absolute atomic E-state index is 0.389. The third-order valence-corrected chi connectivity index (χ3v) is 3.48. The van der Waals surface area contributed by atoms with E-state index in [1.807, 2.05) is 18.2 Å². The van der Waals surface area contributed by atoms with E-state index in [9.17, 15) is 0 Å². The van der Waals surface area contributed by atoms with E-state index in [0.717, 1.165) is 37.4 Å². The Bertz CT molecular complexity index is 395. The Morgan fingerprint density at radius 1 is 1.44 bits per heavy atom. The summed E-state index contributed by atoms with van der Waals surface area (Å²) >= 11 is 0. The van der Waals surface area contributed by atoms with Crippen molar-refractivity contribution in [3.8, 4) is 5.75 Å². The van der Waals surface area contributed by atoms with Gasteiger partial charge in [0, 0.05) is 42.6 Å². The summed E-state index contributed by atoms with van der Waals surface area (Å²) in [6.45, 7) is 3.97. The number of ether oxygens (including phenoxy) is 2. The minimum atomic E-state index is 0.389. The van der Waals surface area contributed by atoms with Crippen molar-refractivity contribution < 1.29 is 9.47 Å². The summed E-state index contributed by atoms with van der Waals surface area (Å²) in [5.41, 5.74) is 7.55. The fraction of sp³-hybridized carbons (Fsp3) is 0.571. The topological polar surface area (TPSA) is 56.5 Å². The molecule has 1 fully saturated rings. The summed E-state index contributed by atoms with van der Waals surface area (Å²) in [7, 11) is 1.65. The normalized spacial score (nSPS) is 23.0. The summed E-state index contributed by atoms with van der Waals surface area (Å²) in [6, 6.07) is 5.71. The van der Waals surface area contributed by atoms with Crippen molar-refractivity contribution in [3.63, 3.8) is 0 Å². The van der Waals surface area contributed by atoms with E-state index in [4.69, 9.17) is 15.2 Å². The predicted octanol–water partition coefficient (Wildman–Crippen LogP) is 2.50. The van der Waals surface area contributed by atoms with Gasteiger partial charge in [0.25, 0.3) is 0 Å². The summed E-state index contributed by atoms with van der Waals surface area (Å²) < 4.78 is 10.9. The Balaban J connectivity index is 1.95. The highest BCUT2D eigenvalue weighted by Crippen LogP contribution is 2.26. The number of nitrogens with two attached hydrogens (primary N) is 1. The maximum absolute atomic E-state index is 5.83. The van der Waals surface area contributed by atoms with E-state index in [1.165, 1.54) is 0 Å². The van der Waals surface area contributed by atoms with Crippen molar-refractivity contribution in [1.82, 2.24) is 0 Å². The number of hydrogen-bond donors (Lipinski definition) is 2. The first-order chi connectivity index (χ1) is 8.72. The Labute approximate surface area is 108 Å². The first kappa shape index (κ1) is 13.0. The number of nitrogens with one attached hydrogen (secondary N) is 1. The van der Waals surface area contributed by atoms with Crippen molar-refractivity contribution in [1.29, 1.82) is 0 Å². The second-order valence-electron chi connectivity index (χ2n) is 4.74. The number of benzene rings is 1. The van der Waals surface area contributed by atoms with Gasteiger partial charge in [-0.25, -0.2) is 0 Å². The van der Waals surface area contributed by atoms with Crippen LogP contribution in [0.4, 0.5) is 11.4 Å². The summed E-state index contributed by atoms with van der Waals surface area (Å²) in [5, 5.41) is 3.43. The molecule has 1 aromatic rings. The molecule has 1 aliphatic rings. The molecule has 0 aliphatic carbocycles. The SMILES string of the molecule is CCC1OCCC1CNc1cc(N)cc(OC)c1. The van der Waals surface area contributed by atoms with Gasteiger partial charge in [0.1, 0.15) is 5.75 Å². The molecule has 100 valence electrons. The molecule has 1 aromatic carbocycles. The maximum Gasteiger partial charge on any atom is 0.122 e. The van der Waals surface area contributed by atoms with Crippen LogP contribution in [0.5, 0.6) is 5.75 Å². The summed E-state index contributed by atoms with van der Waals surface area (Å²) in [4.78, 5) is 0. The number of anilines is 2. The van der Waals surface area contributed by atoms with Gasteiger partial charge in [0.2, 0.25) is 0 Å². The molecule has 4 heteroatoms. The van der Waals surface area contributed by atoms with Crippen LogP contribution >= 0.6 is 0 Å². The van der Waals surface area contributed by atoms with Crippen LogP contribution in [-0.2, 0) is 4.74 Å². The van der Waals surface area contributed by atoms with Crippen LogP contribution in [0, 0.1) is 5.92 Å². The van der Waals surface area contributed by atoms with Gasteiger partial charge in [-0.05, 0) is 18.9 Å². The molecule has 0 aromatic heterocycles. The average molecular weight is 250 g/mol. The van der Waals surface area contributed by atoms with Crippen molar-refractivity contribution >= 4 is 11.4 Å². The molecule has 0 saturated carbocycles. The maximum atomic E-state index is 5.83. The van der Waals surface area contributed by atoms with E-state index in [1.54, 1.807) is 7.11 Å². The molecule has 0 spiro atoms. The highest BCUT2D eigenvalue weighted by molar-refractivity contribution is 5.59.